The van der Waals surface area contributed by atoms with E-state index in [1.165, 1.54) is 29.7 Å². The molecule has 0 radical (unpaired) electrons. The second-order valence-corrected chi connectivity index (χ2v) is 8.33. The molecule has 0 amide bonds. The Morgan fingerprint density at radius 3 is 2.41 bits per heavy atom. The van der Waals surface area contributed by atoms with Gasteiger partial charge in [0.25, 0.3) is 0 Å². The molecule has 0 aliphatic heterocycles. The van der Waals surface area contributed by atoms with Gasteiger partial charge >= 0.3 is 0 Å². The van der Waals surface area contributed by atoms with E-state index in [4.69, 9.17) is 4.74 Å². The van der Waals surface area contributed by atoms with Gasteiger partial charge in [0.2, 0.25) is 5.78 Å². The van der Waals surface area contributed by atoms with Gasteiger partial charge in [-0.15, -0.1) is 0 Å². The van der Waals surface area contributed by atoms with Crippen molar-refractivity contribution < 1.29 is 14.3 Å². The fourth-order valence-corrected chi connectivity index (χ4v) is 3.82. The molecule has 0 aliphatic carbocycles. The van der Waals surface area contributed by atoms with Crippen molar-refractivity contribution in [1.82, 2.24) is 24.5 Å². The molecule has 4 rings (SSSR count). The van der Waals surface area contributed by atoms with E-state index in [9.17, 15) is 9.59 Å². The van der Waals surface area contributed by atoms with E-state index >= 15 is 0 Å². The van der Waals surface area contributed by atoms with Crippen LogP contribution in [0.5, 0.6) is 5.75 Å². The van der Waals surface area contributed by atoms with Crippen LogP contribution in [0.3, 0.4) is 0 Å². The number of nitrogens with one attached hydrogen (secondary N) is 1. The summed E-state index contributed by atoms with van der Waals surface area (Å²) in [5, 5.41) is 5.01. The number of aldehydes is 1. The van der Waals surface area contributed by atoms with Crippen molar-refractivity contribution in [1.29, 1.82) is 0 Å². The SMILES string of the molecule is CNc1nc(SC)ncc1C=O.COc1ccccc1C(=O)c1cc2cnc(SC)nc2n1C. The van der Waals surface area contributed by atoms with Crippen molar-refractivity contribution in [3.63, 3.8) is 0 Å². The normalized spacial score (nSPS) is 10.4. The van der Waals surface area contributed by atoms with Crippen molar-refractivity contribution in [3.8, 4) is 5.75 Å². The van der Waals surface area contributed by atoms with Crippen LogP contribution in [0.4, 0.5) is 5.82 Å². The number of benzene rings is 1. The molecule has 3 aromatic heterocycles. The highest BCUT2D eigenvalue weighted by molar-refractivity contribution is 7.98. The van der Waals surface area contributed by atoms with Crippen molar-refractivity contribution in [2.45, 2.75) is 10.3 Å². The quantitative estimate of drug-likeness (QED) is 0.174. The number of hydrogen-bond acceptors (Lipinski definition) is 10. The first kappa shape index (κ1) is 25.2. The van der Waals surface area contributed by atoms with E-state index in [2.05, 4.69) is 25.3 Å². The van der Waals surface area contributed by atoms with Crippen LogP contribution in [0.1, 0.15) is 26.4 Å². The largest absolute Gasteiger partial charge is 0.496 e. The van der Waals surface area contributed by atoms with Gasteiger partial charge < -0.3 is 14.6 Å². The number of ether oxygens (including phenoxy) is 1. The maximum absolute atomic E-state index is 12.8. The number of fused-ring (bicyclic) bond motifs is 1. The van der Waals surface area contributed by atoms with Gasteiger partial charge in [0.05, 0.1) is 23.9 Å². The molecule has 0 bridgehead atoms. The van der Waals surface area contributed by atoms with Gasteiger partial charge in [-0.1, -0.05) is 35.7 Å². The molecule has 0 saturated carbocycles. The Kier molecular flexibility index (Phi) is 8.61. The number of anilines is 1. The molecular formula is C23H24N6O3S2. The predicted octanol–water partition coefficient (Wildman–Crippen LogP) is 3.98. The van der Waals surface area contributed by atoms with Crippen LogP contribution < -0.4 is 10.1 Å². The van der Waals surface area contributed by atoms with Crippen molar-refractivity contribution in [2.75, 3.05) is 32.0 Å². The third kappa shape index (κ3) is 5.37. The monoisotopic (exact) mass is 496 g/mol. The molecule has 1 aromatic carbocycles. The first-order valence-electron chi connectivity index (χ1n) is 10.1. The summed E-state index contributed by atoms with van der Waals surface area (Å²) in [5.41, 5.74) is 2.33. The Morgan fingerprint density at radius 1 is 1.09 bits per heavy atom. The maximum atomic E-state index is 12.8. The highest BCUT2D eigenvalue weighted by atomic mass is 32.2. The molecule has 1 N–H and O–H groups in total. The Morgan fingerprint density at radius 2 is 1.76 bits per heavy atom. The van der Waals surface area contributed by atoms with E-state index in [0.29, 0.717) is 38.7 Å². The minimum Gasteiger partial charge on any atom is -0.496 e. The Balaban J connectivity index is 0.000000229. The highest BCUT2D eigenvalue weighted by Crippen LogP contribution is 2.25. The second kappa shape index (κ2) is 11.6. The third-order valence-corrected chi connectivity index (χ3v) is 5.98. The molecule has 0 saturated heterocycles. The lowest BCUT2D eigenvalue weighted by Crippen LogP contribution is -2.09. The van der Waals surface area contributed by atoms with Gasteiger partial charge in [0.15, 0.2) is 16.6 Å². The number of methoxy groups -OCH3 is 1. The average Bonchev–Trinajstić information content (AvgIpc) is 3.23. The zero-order valence-electron chi connectivity index (χ0n) is 19.4. The van der Waals surface area contributed by atoms with E-state index in [1.54, 1.807) is 37.1 Å². The fraction of sp³-hybridized carbons (Fsp3) is 0.217. The number of para-hydroxylation sites is 1. The summed E-state index contributed by atoms with van der Waals surface area (Å²) < 4.78 is 7.07. The number of rotatable bonds is 7. The zero-order valence-corrected chi connectivity index (χ0v) is 21.0. The van der Waals surface area contributed by atoms with Crippen LogP contribution in [0.15, 0.2) is 53.0 Å². The maximum Gasteiger partial charge on any atom is 0.213 e. The summed E-state index contributed by atoms with van der Waals surface area (Å²) >= 11 is 2.91. The van der Waals surface area contributed by atoms with Crippen LogP contribution in [0.2, 0.25) is 0 Å². The highest BCUT2D eigenvalue weighted by Gasteiger charge is 2.19. The number of hydrogen-bond donors (Lipinski definition) is 1. The summed E-state index contributed by atoms with van der Waals surface area (Å²) in [7, 11) is 5.12. The lowest BCUT2D eigenvalue weighted by molar-refractivity contribution is 0.102. The van der Waals surface area contributed by atoms with Gasteiger partial charge in [0.1, 0.15) is 17.2 Å². The van der Waals surface area contributed by atoms with Crippen LogP contribution in [0, 0.1) is 0 Å². The summed E-state index contributed by atoms with van der Waals surface area (Å²) in [6.07, 6.45) is 7.79. The zero-order chi connectivity index (χ0) is 24.7. The number of carbonyl (C=O) groups excluding carboxylic acids is 2. The molecule has 0 fully saturated rings. The molecule has 34 heavy (non-hydrogen) atoms. The topological polar surface area (TPSA) is 112 Å². The van der Waals surface area contributed by atoms with E-state index in [-0.39, 0.29) is 5.78 Å². The molecule has 4 aromatic rings. The van der Waals surface area contributed by atoms with E-state index in [0.717, 1.165) is 17.3 Å². The Bertz CT molecular complexity index is 1330. The predicted molar refractivity (Wildman–Crippen MR) is 135 cm³/mol. The first-order chi connectivity index (χ1) is 16.5. The number of aryl methyl sites for hydroxylation is 1. The lowest BCUT2D eigenvalue weighted by Gasteiger charge is -2.08. The van der Waals surface area contributed by atoms with Crippen molar-refractivity contribution in [2.24, 2.45) is 7.05 Å². The minimum absolute atomic E-state index is 0.0938. The smallest absolute Gasteiger partial charge is 0.213 e. The first-order valence-corrected chi connectivity index (χ1v) is 12.5. The summed E-state index contributed by atoms with van der Waals surface area (Å²) in [6.45, 7) is 0. The number of thioether (sulfide) groups is 2. The van der Waals surface area contributed by atoms with Gasteiger partial charge in [-0.05, 0) is 30.7 Å². The van der Waals surface area contributed by atoms with Crippen molar-refractivity contribution in [3.05, 3.63) is 59.5 Å². The molecule has 11 heteroatoms. The summed E-state index contributed by atoms with van der Waals surface area (Å²) in [6, 6.07) is 9.02. The molecule has 0 spiro atoms. The number of aromatic nitrogens is 5. The number of nitrogens with zero attached hydrogens (tertiary/aromatic N) is 5. The van der Waals surface area contributed by atoms with Crippen LogP contribution in [-0.2, 0) is 7.05 Å². The van der Waals surface area contributed by atoms with Crippen LogP contribution in [0.25, 0.3) is 11.0 Å². The fourth-order valence-electron chi connectivity index (χ4n) is 3.14. The van der Waals surface area contributed by atoms with E-state index in [1.807, 2.05) is 37.8 Å². The number of ketones is 1. The summed E-state index contributed by atoms with van der Waals surface area (Å²) in [5.74, 6) is 1.04. The number of carbonyl (C=O) groups is 2. The second-order valence-electron chi connectivity index (χ2n) is 6.78. The third-order valence-electron chi connectivity index (χ3n) is 4.85. The Labute approximate surface area is 205 Å². The summed E-state index contributed by atoms with van der Waals surface area (Å²) in [4.78, 5) is 40.0. The molecule has 3 heterocycles. The lowest BCUT2D eigenvalue weighted by atomic mass is 10.1. The van der Waals surface area contributed by atoms with Gasteiger partial charge in [-0.3, -0.25) is 9.59 Å². The molecule has 0 atom stereocenters. The molecule has 0 aliphatic rings. The minimum atomic E-state index is -0.0938. The van der Waals surface area contributed by atoms with Gasteiger partial charge in [-0.25, -0.2) is 19.9 Å². The molecular weight excluding hydrogens is 472 g/mol. The van der Waals surface area contributed by atoms with Gasteiger partial charge in [0, 0.05) is 31.9 Å². The van der Waals surface area contributed by atoms with Crippen LogP contribution in [-0.4, -0.2) is 63.2 Å². The molecule has 176 valence electrons. The van der Waals surface area contributed by atoms with Gasteiger partial charge in [-0.2, -0.15) is 0 Å². The standard InChI is InChI=1S/C16H15N3O2S.C7H9N3OS/c1-19-12(8-10-9-17-16(22-3)18-15(10)19)14(20)11-6-4-5-7-13(11)21-2;1-8-6-5(4-11)3-9-7(10-6)12-2/h4-9H,1-3H3;3-4H,1-2H3,(H,8,9,10). The Hall–Kier alpha value is -3.44. The van der Waals surface area contributed by atoms with Crippen molar-refractivity contribution >= 4 is 52.4 Å². The van der Waals surface area contributed by atoms with Crippen LogP contribution >= 0.6 is 23.5 Å². The molecule has 9 nitrogen and oxygen atoms in total. The molecule has 0 unspecified atom stereocenters. The van der Waals surface area contributed by atoms with E-state index < -0.39 is 0 Å². The average molecular weight is 497 g/mol.